The van der Waals surface area contributed by atoms with Crippen molar-refractivity contribution >= 4 is 41.1 Å². The Labute approximate surface area is 311 Å². The number of benzene rings is 2. The third-order valence-electron chi connectivity index (χ3n) is 11.6. The molecule has 2 amide bonds. The lowest BCUT2D eigenvalue weighted by Crippen LogP contribution is -2.33. The summed E-state index contributed by atoms with van der Waals surface area (Å²) in [6.07, 6.45) is 8.27. The minimum absolute atomic E-state index is 0.227. The zero-order valence-electron chi connectivity index (χ0n) is 30.9. The molecule has 274 valence electrons. The van der Waals surface area contributed by atoms with E-state index in [0.717, 1.165) is 123 Å². The van der Waals surface area contributed by atoms with E-state index in [9.17, 15) is 14.4 Å². The van der Waals surface area contributed by atoms with E-state index in [1.165, 1.54) is 0 Å². The first-order valence-electron chi connectivity index (χ1n) is 18.5. The summed E-state index contributed by atoms with van der Waals surface area (Å²) in [6.45, 7) is 6.30. The molecular weight excluding hydrogens is 676 g/mol. The van der Waals surface area contributed by atoms with Crippen molar-refractivity contribution in [2.45, 2.75) is 65.0 Å². The van der Waals surface area contributed by atoms with Crippen molar-refractivity contribution in [1.82, 2.24) is 28.9 Å². The molecule has 7 rings (SSSR count). The lowest BCUT2D eigenvalue weighted by Gasteiger charge is -2.30. The smallest absolute Gasteiger partial charge is 0.294 e. The quantitative estimate of drug-likeness (QED) is 0.210. The number of carbonyl (C=O) groups excluding carboxylic acids is 3. The van der Waals surface area contributed by atoms with Gasteiger partial charge in [-0.3, -0.25) is 14.5 Å². The van der Waals surface area contributed by atoms with Crippen LogP contribution in [-0.2, 0) is 44.8 Å². The summed E-state index contributed by atoms with van der Waals surface area (Å²) in [5, 5.41) is 3.56. The zero-order chi connectivity index (χ0) is 36.7. The van der Waals surface area contributed by atoms with E-state index in [-0.39, 0.29) is 17.7 Å². The number of imidazole rings is 2. The molecule has 0 atom stereocenters. The Bertz CT molecular complexity index is 2010. The van der Waals surface area contributed by atoms with Gasteiger partial charge in [-0.15, -0.1) is 0 Å². The highest BCUT2D eigenvalue weighted by Crippen LogP contribution is 2.39. The van der Waals surface area contributed by atoms with Crippen molar-refractivity contribution < 1.29 is 14.4 Å². The Balaban J connectivity index is 1.05. The van der Waals surface area contributed by atoms with Gasteiger partial charge in [-0.05, 0) is 81.8 Å². The molecule has 0 saturated heterocycles. The van der Waals surface area contributed by atoms with Crippen LogP contribution in [0.3, 0.4) is 0 Å². The van der Waals surface area contributed by atoms with Gasteiger partial charge in [0.15, 0.2) is 11.6 Å². The van der Waals surface area contributed by atoms with Crippen LogP contribution in [0.5, 0.6) is 0 Å². The second-order valence-corrected chi connectivity index (χ2v) is 15.3. The fourth-order valence-electron chi connectivity index (χ4n) is 8.29. The number of likely N-dealkylation sites (N-methyl/N-ethyl adjacent to an activating group) is 1. The third kappa shape index (κ3) is 6.93. The molecule has 0 unspecified atom stereocenters. The van der Waals surface area contributed by atoms with Crippen LogP contribution in [0.4, 0.5) is 11.4 Å². The fourth-order valence-corrected chi connectivity index (χ4v) is 8.65. The first kappa shape index (κ1) is 36.1. The van der Waals surface area contributed by atoms with Crippen molar-refractivity contribution in [2.75, 3.05) is 43.9 Å². The van der Waals surface area contributed by atoms with Crippen LogP contribution >= 0.6 is 11.6 Å². The second kappa shape index (κ2) is 15.0. The second-order valence-electron chi connectivity index (χ2n) is 14.9. The number of anilines is 2. The topological polar surface area (TPSA) is 109 Å². The Hall–Kier alpha value is -4.32. The molecule has 4 aromatic rings. The average molecular weight is 725 g/mol. The first-order chi connectivity index (χ1) is 25.0. The number of hydrogen-bond donors (Lipinski definition) is 1. The van der Waals surface area contributed by atoms with Crippen LogP contribution in [0.1, 0.15) is 81.7 Å². The molecule has 0 spiro atoms. The molecule has 2 aromatic heterocycles. The van der Waals surface area contributed by atoms with Crippen LogP contribution < -0.4 is 10.2 Å². The van der Waals surface area contributed by atoms with Crippen LogP contribution in [0.15, 0.2) is 36.4 Å². The molecule has 52 heavy (non-hydrogen) atoms. The third-order valence-corrected chi connectivity index (χ3v) is 12.0. The van der Waals surface area contributed by atoms with E-state index in [1.807, 2.05) is 66.6 Å². The summed E-state index contributed by atoms with van der Waals surface area (Å²) in [7, 11) is 7.61. The Kier molecular flexibility index (Phi) is 10.4. The number of fused-ring (bicyclic) bond motifs is 2. The SMILES string of the molecule is Cc1c(NC(=O)c2nc3c(n2C)CCN(CCC2CCC(C=O)CC2)C3)cccc1-c1cccc(N(C)C(=O)c2nc3c(n2C)CCN(C)C3)c1Cl. The molecule has 1 aliphatic carbocycles. The van der Waals surface area contributed by atoms with Gasteiger partial charge in [-0.1, -0.05) is 35.9 Å². The van der Waals surface area contributed by atoms with E-state index < -0.39 is 0 Å². The summed E-state index contributed by atoms with van der Waals surface area (Å²) < 4.78 is 3.85. The molecule has 4 heterocycles. The highest BCUT2D eigenvalue weighted by Gasteiger charge is 2.29. The first-order valence-corrected chi connectivity index (χ1v) is 18.8. The number of amides is 2. The fraction of sp³-hybridized carbons (Fsp3) is 0.475. The molecular formula is C40H49ClN8O3. The number of nitrogens with one attached hydrogen (secondary N) is 1. The summed E-state index contributed by atoms with van der Waals surface area (Å²) in [4.78, 5) is 54.4. The maximum Gasteiger partial charge on any atom is 0.294 e. The highest BCUT2D eigenvalue weighted by atomic mass is 35.5. The van der Waals surface area contributed by atoms with E-state index in [2.05, 4.69) is 22.2 Å². The van der Waals surface area contributed by atoms with Crippen molar-refractivity contribution in [3.63, 3.8) is 0 Å². The van der Waals surface area contributed by atoms with Gasteiger partial charge < -0.3 is 29.0 Å². The van der Waals surface area contributed by atoms with Crippen LogP contribution in [0, 0.1) is 18.8 Å². The minimum atomic E-state index is -0.259. The number of nitrogens with zero attached hydrogens (tertiary/aromatic N) is 7. The van der Waals surface area contributed by atoms with Crippen molar-refractivity contribution in [3.05, 3.63) is 81.4 Å². The zero-order valence-corrected chi connectivity index (χ0v) is 31.7. The molecule has 2 aliphatic heterocycles. The molecule has 1 N–H and O–H groups in total. The Morgan fingerprint density at radius 1 is 0.904 bits per heavy atom. The monoisotopic (exact) mass is 724 g/mol. The van der Waals surface area contributed by atoms with Crippen molar-refractivity contribution in [1.29, 1.82) is 0 Å². The summed E-state index contributed by atoms with van der Waals surface area (Å²) in [5.74, 6) is 1.23. The van der Waals surface area contributed by atoms with Gasteiger partial charge in [-0.2, -0.15) is 0 Å². The number of carbonyl (C=O) groups is 3. The highest BCUT2D eigenvalue weighted by molar-refractivity contribution is 6.36. The Morgan fingerprint density at radius 2 is 1.56 bits per heavy atom. The number of hydrogen-bond acceptors (Lipinski definition) is 7. The number of halogens is 1. The van der Waals surface area contributed by atoms with Gasteiger partial charge in [0.05, 0.1) is 22.1 Å². The van der Waals surface area contributed by atoms with Gasteiger partial charge in [0.1, 0.15) is 6.29 Å². The largest absolute Gasteiger partial charge is 0.327 e. The van der Waals surface area contributed by atoms with Gasteiger partial charge in [0.25, 0.3) is 11.8 Å². The Morgan fingerprint density at radius 3 is 2.31 bits per heavy atom. The predicted molar refractivity (Wildman–Crippen MR) is 204 cm³/mol. The summed E-state index contributed by atoms with van der Waals surface area (Å²) >= 11 is 7.08. The molecule has 3 aliphatic rings. The number of aldehydes is 1. The molecule has 1 saturated carbocycles. The van der Waals surface area contributed by atoms with Crippen molar-refractivity contribution in [3.8, 4) is 11.1 Å². The van der Waals surface area contributed by atoms with Crippen LogP contribution in [0.2, 0.25) is 5.02 Å². The lowest BCUT2D eigenvalue weighted by atomic mass is 9.81. The summed E-state index contributed by atoms with van der Waals surface area (Å²) in [6, 6.07) is 11.4. The van der Waals surface area contributed by atoms with Crippen molar-refractivity contribution in [2.24, 2.45) is 25.9 Å². The number of aromatic nitrogens is 4. The molecule has 12 heteroatoms. The predicted octanol–water partition coefficient (Wildman–Crippen LogP) is 6.05. The molecule has 0 radical (unpaired) electrons. The van der Waals surface area contributed by atoms with E-state index in [0.29, 0.717) is 34.0 Å². The van der Waals surface area contributed by atoms with Gasteiger partial charge in [-0.25, -0.2) is 9.97 Å². The normalized spacial score (nSPS) is 19.2. The van der Waals surface area contributed by atoms with E-state index in [1.54, 1.807) is 11.9 Å². The van der Waals surface area contributed by atoms with Crippen LogP contribution in [0.25, 0.3) is 11.1 Å². The molecule has 11 nitrogen and oxygen atoms in total. The van der Waals surface area contributed by atoms with Gasteiger partial charge in [0, 0.05) is 88.7 Å². The standard InChI is InChI=1S/C40H49ClN8O3/c1-25-28(29-9-7-11-35(36(29)41)48(5)40(52)38-43-31-22-45(2)19-17-33(31)47(38)4)8-6-10-30(25)44-39(51)37-42-32-23-49(21-18-34(32)46(37)3)20-16-26-12-14-27(24-50)15-13-26/h6-11,24,26-27H,12-23H2,1-5H3,(H,44,51). The van der Waals surface area contributed by atoms with Gasteiger partial charge in [0.2, 0.25) is 0 Å². The van der Waals surface area contributed by atoms with Gasteiger partial charge >= 0.3 is 0 Å². The van der Waals surface area contributed by atoms with E-state index in [4.69, 9.17) is 21.6 Å². The summed E-state index contributed by atoms with van der Waals surface area (Å²) in [5.41, 5.74) is 7.84. The molecule has 0 bridgehead atoms. The molecule has 1 fully saturated rings. The minimum Gasteiger partial charge on any atom is -0.327 e. The average Bonchev–Trinajstić information content (AvgIpc) is 3.66. The van der Waals surface area contributed by atoms with Crippen LogP contribution in [-0.4, -0.2) is 80.7 Å². The number of rotatable bonds is 9. The lowest BCUT2D eigenvalue weighted by molar-refractivity contribution is -0.112. The maximum atomic E-state index is 13.8. The molecule has 2 aromatic carbocycles. The van der Waals surface area contributed by atoms with E-state index >= 15 is 0 Å². The maximum absolute atomic E-state index is 13.8.